The van der Waals surface area contributed by atoms with Gasteiger partial charge in [0.15, 0.2) is 8.03 Å². The Kier molecular flexibility index (Phi) is 9.17. The van der Waals surface area contributed by atoms with Crippen LogP contribution in [0.1, 0.15) is 55.6 Å². The van der Waals surface area contributed by atoms with Crippen molar-refractivity contribution in [2.75, 3.05) is 0 Å². The smallest absolute Gasteiger partial charge is 0.322 e. The number of ether oxygens (including phenoxy) is 1. The summed E-state index contributed by atoms with van der Waals surface area (Å²) in [6.07, 6.45) is 5.14. The van der Waals surface area contributed by atoms with Crippen molar-refractivity contribution in [2.45, 2.75) is 51.3 Å². The third-order valence-corrected chi connectivity index (χ3v) is 7.16. The van der Waals surface area contributed by atoms with Gasteiger partial charge < -0.3 is 14.7 Å². The molecule has 3 atom stereocenters. The monoisotopic (exact) mass is 509 g/mol. The molecule has 0 amide bonds. The van der Waals surface area contributed by atoms with Crippen molar-refractivity contribution in [3.8, 4) is 34.9 Å². The molecule has 0 saturated carbocycles. The molecule has 0 aliphatic rings. The van der Waals surface area contributed by atoms with E-state index >= 15 is 0 Å². The largest absolute Gasteiger partial charge is 0.391 e. The van der Waals surface area contributed by atoms with Crippen LogP contribution in [0.3, 0.4) is 0 Å². The lowest BCUT2D eigenvalue weighted by atomic mass is 9.84. The third-order valence-electron chi connectivity index (χ3n) is 5.96. The fourth-order valence-electron chi connectivity index (χ4n) is 4.41. The van der Waals surface area contributed by atoms with E-state index in [1.165, 1.54) is 12.1 Å². The number of terminal acetylenes is 1. The number of esters is 1. The van der Waals surface area contributed by atoms with Crippen molar-refractivity contribution < 1.29 is 28.5 Å². The van der Waals surface area contributed by atoms with Crippen LogP contribution in [-0.2, 0) is 20.5 Å². The van der Waals surface area contributed by atoms with Crippen molar-refractivity contribution in [2.24, 2.45) is 0 Å². The van der Waals surface area contributed by atoms with E-state index in [0.29, 0.717) is 34.5 Å². The van der Waals surface area contributed by atoms with E-state index in [4.69, 9.17) is 11.4 Å². The Balaban J connectivity index is 2.42. The number of aromatic nitrogens is 1. The molecular weight excluding hydrogens is 480 g/mol. The van der Waals surface area contributed by atoms with E-state index in [1.54, 1.807) is 18.2 Å². The van der Waals surface area contributed by atoms with Crippen molar-refractivity contribution in [3.63, 3.8) is 0 Å². The second kappa shape index (κ2) is 12.1. The summed E-state index contributed by atoms with van der Waals surface area (Å²) < 4.78 is 31.2. The fourth-order valence-corrected chi connectivity index (χ4v) is 5.40. The normalized spacial score (nSPS) is 13.6. The molecule has 2 aromatic carbocycles. The van der Waals surface area contributed by atoms with E-state index in [9.17, 15) is 23.7 Å². The number of benzene rings is 2. The first-order chi connectivity index (χ1) is 17.2. The van der Waals surface area contributed by atoms with Gasteiger partial charge in [-0.3, -0.25) is 14.3 Å². The predicted octanol–water partition coefficient (Wildman–Crippen LogP) is 5.63. The standard InChI is InChI=1S/C28H29FNO5P/c1-5-21-24(18-12-14-20(29)15-13-18)25(28(36(33)34)22(31)16-23(32)35-6-2)26(17(3)4)30-27(21)19-10-8-7-9-11-19/h2,7-15,17,22,28,31,36H,5,16H2,1,3-4H3,(H,33,34). The Morgan fingerprint density at radius 2 is 1.78 bits per heavy atom. The summed E-state index contributed by atoms with van der Waals surface area (Å²) in [6, 6.07) is 15.4. The summed E-state index contributed by atoms with van der Waals surface area (Å²) in [6.45, 7) is 5.73. The third kappa shape index (κ3) is 5.91. The number of carbonyl (C=O) groups is 1. The number of aliphatic hydroxyl groups is 1. The van der Waals surface area contributed by atoms with Crippen LogP contribution in [0.25, 0.3) is 22.4 Å². The van der Waals surface area contributed by atoms with Gasteiger partial charge in [-0.1, -0.05) is 69.7 Å². The molecule has 1 aromatic heterocycles. The van der Waals surface area contributed by atoms with Crippen LogP contribution < -0.4 is 0 Å². The van der Waals surface area contributed by atoms with Crippen molar-refractivity contribution in [1.29, 1.82) is 0 Å². The minimum atomic E-state index is -3.45. The quantitative estimate of drug-likeness (QED) is 0.220. The van der Waals surface area contributed by atoms with E-state index in [2.05, 4.69) is 4.74 Å². The van der Waals surface area contributed by atoms with Gasteiger partial charge in [-0.25, -0.2) is 4.39 Å². The average Bonchev–Trinajstić information content (AvgIpc) is 2.84. The number of carbonyl (C=O) groups excluding carboxylic acids is 1. The molecule has 1 heterocycles. The second-order valence-electron chi connectivity index (χ2n) is 8.67. The summed E-state index contributed by atoms with van der Waals surface area (Å²) in [5.74, 6) is -1.53. The van der Waals surface area contributed by atoms with Gasteiger partial charge in [-0.05, 0) is 46.7 Å². The zero-order valence-electron chi connectivity index (χ0n) is 20.4. The summed E-state index contributed by atoms with van der Waals surface area (Å²) in [5.41, 5.74) is 3.07. The lowest BCUT2D eigenvalue weighted by Crippen LogP contribution is -2.24. The van der Waals surface area contributed by atoms with E-state index < -0.39 is 38.0 Å². The van der Waals surface area contributed by atoms with Crippen LogP contribution in [0, 0.1) is 18.3 Å². The topological polar surface area (TPSA) is 96.7 Å². The van der Waals surface area contributed by atoms with Gasteiger partial charge >= 0.3 is 5.97 Å². The Bertz CT molecular complexity index is 1290. The van der Waals surface area contributed by atoms with Gasteiger partial charge in [0.25, 0.3) is 0 Å². The Hall–Kier alpha value is -3.30. The molecule has 0 saturated heterocycles. The number of hydrogen-bond donors (Lipinski definition) is 2. The maximum Gasteiger partial charge on any atom is 0.322 e. The molecule has 8 heteroatoms. The highest BCUT2D eigenvalue weighted by molar-refractivity contribution is 7.38. The molecule has 3 rings (SSSR count). The minimum absolute atomic E-state index is 0.207. The van der Waals surface area contributed by atoms with E-state index in [-0.39, 0.29) is 5.92 Å². The van der Waals surface area contributed by atoms with Gasteiger partial charge in [0.1, 0.15) is 11.9 Å². The number of halogens is 1. The second-order valence-corrected chi connectivity index (χ2v) is 9.97. The molecule has 0 bridgehead atoms. The molecule has 0 aliphatic carbocycles. The number of pyridine rings is 1. The molecular formula is C28H29FNO5P. The molecule has 3 unspecified atom stereocenters. The van der Waals surface area contributed by atoms with Crippen LogP contribution >= 0.6 is 8.03 Å². The number of rotatable bonds is 9. The first kappa shape index (κ1) is 27.3. The summed E-state index contributed by atoms with van der Waals surface area (Å²) >= 11 is 0. The minimum Gasteiger partial charge on any atom is -0.391 e. The lowest BCUT2D eigenvalue weighted by molar-refractivity contribution is -0.139. The molecule has 0 spiro atoms. The van der Waals surface area contributed by atoms with E-state index in [0.717, 1.165) is 11.1 Å². The molecule has 2 N–H and O–H groups in total. The van der Waals surface area contributed by atoms with Gasteiger partial charge in [-0.15, -0.1) is 0 Å². The number of hydrogen-bond acceptors (Lipinski definition) is 5. The SMILES string of the molecule is C#COC(=O)CC(O)C(c1c(C(C)C)nc(-c2ccccc2)c(CC)c1-c1ccc(F)cc1)[PH](=O)O. The van der Waals surface area contributed by atoms with Crippen LogP contribution in [0.4, 0.5) is 4.39 Å². The van der Waals surface area contributed by atoms with Crippen molar-refractivity contribution in [1.82, 2.24) is 4.98 Å². The highest BCUT2D eigenvalue weighted by Gasteiger charge is 2.36. The van der Waals surface area contributed by atoms with Crippen LogP contribution in [-0.4, -0.2) is 27.1 Å². The van der Waals surface area contributed by atoms with Gasteiger partial charge in [0.2, 0.25) is 0 Å². The zero-order chi connectivity index (χ0) is 26.4. The fraction of sp³-hybridized carbons (Fsp3) is 0.286. The average molecular weight is 510 g/mol. The maximum absolute atomic E-state index is 13.9. The Morgan fingerprint density at radius 1 is 1.14 bits per heavy atom. The number of nitrogens with zero attached hydrogens (tertiary/aromatic N) is 1. The van der Waals surface area contributed by atoms with Crippen LogP contribution in [0.15, 0.2) is 54.6 Å². The van der Waals surface area contributed by atoms with Gasteiger partial charge in [-0.2, -0.15) is 0 Å². The summed E-state index contributed by atoms with van der Waals surface area (Å²) in [4.78, 5) is 27.4. The van der Waals surface area contributed by atoms with Crippen LogP contribution in [0.2, 0.25) is 0 Å². The predicted molar refractivity (Wildman–Crippen MR) is 138 cm³/mol. The van der Waals surface area contributed by atoms with Crippen molar-refractivity contribution in [3.05, 3.63) is 77.2 Å². The molecule has 36 heavy (non-hydrogen) atoms. The first-order valence-electron chi connectivity index (χ1n) is 11.6. The first-order valence-corrected chi connectivity index (χ1v) is 13.1. The van der Waals surface area contributed by atoms with E-state index in [1.807, 2.05) is 51.1 Å². The van der Waals surface area contributed by atoms with Crippen molar-refractivity contribution >= 4 is 14.0 Å². The maximum atomic E-state index is 13.9. The van der Waals surface area contributed by atoms with Gasteiger partial charge in [0, 0.05) is 11.3 Å². The Labute approximate surface area is 211 Å². The highest BCUT2D eigenvalue weighted by atomic mass is 31.1. The summed E-state index contributed by atoms with van der Waals surface area (Å²) in [5, 5.41) is 11.0. The highest BCUT2D eigenvalue weighted by Crippen LogP contribution is 2.50. The molecule has 0 aliphatic heterocycles. The molecule has 3 aromatic rings. The Morgan fingerprint density at radius 3 is 2.31 bits per heavy atom. The lowest BCUT2D eigenvalue weighted by Gasteiger charge is -2.29. The van der Waals surface area contributed by atoms with Crippen LogP contribution in [0.5, 0.6) is 0 Å². The zero-order valence-corrected chi connectivity index (χ0v) is 21.4. The van der Waals surface area contributed by atoms with Gasteiger partial charge in [0.05, 0.1) is 23.9 Å². The summed E-state index contributed by atoms with van der Waals surface area (Å²) in [7, 11) is -3.45. The molecule has 188 valence electrons. The molecule has 0 radical (unpaired) electrons. The number of aliphatic hydroxyl groups excluding tert-OH is 1. The molecule has 6 nitrogen and oxygen atoms in total. The molecule has 0 fully saturated rings.